The molecule has 2 aromatic carbocycles. The molecular formula is C31H38N6O5S. The van der Waals surface area contributed by atoms with Crippen LogP contribution in [0.25, 0.3) is 22.3 Å². The summed E-state index contributed by atoms with van der Waals surface area (Å²) in [5.74, 6) is 0.890. The maximum atomic E-state index is 13.1. The minimum atomic E-state index is -4.16. The molecule has 11 nitrogen and oxygen atoms in total. The zero-order valence-electron chi connectivity index (χ0n) is 24.9. The van der Waals surface area contributed by atoms with Crippen molar-refractivity contribution >= 4 is 39.0 Å². The molecule has 0 aliphatic carbocycles. The smallest absolute Gasteiger partial charge is 0.421 e. The molecule has 3 amide bonds. The first-order chi connectivity index (χ1) is 20.7. The van der Waals surface area contributed by atoms with E-state index in [1.807, 2.05) is 49.8 Å². The number of ether oxygens (including phenoxy) is 1. The van der Waals surface area contributed by atoms with Crippen molar-refractivity contribution in [2.45, 2.75) is 64.8 Å². The Balaban J connectivity index is 1.60. The number of aromatic nitrogens is 3. The van der Waals surface area contributed by atoms with Gasteiger partial charge in [0.25, 0.3) is 10.0 Å². The van der Waals surface area contributed by atoms with Crippen molar-refractivity contribution in [1.29, 1.82) is 0 Å². The van der Waals surface area contributed by atoms with Crippen molar-refractivity contribution in [3.05, 3.63) is 71.7 Å². The Kier molecular flexibility index (Phi) is 10.4. The van der Waals surface area contributed by atoms with Crippen molar-refractivity contribution in [3.8, 4) is 11.1 Å². The van der Waals surface area contributed by atoms with Gasteiger partial charge in [-0.25, -0.2) is 32.7 Å². The summed E-state index contributed by atoms with van der Waals surface area (Å²) in [5.41, 5.74) is 5.02. The first kappa shape index (κ1) is 31.5. The van der Waals surface area contributed by atoms with Gasteiger partial charge in [-0.15, -0.1) is 0 Å². The molecule has 0 aliphatic heterocycles. The molecule has 12 heteroatoms. The van der Waals surface area contributed by atoms with Gasteiger partial charge in [-0.2, -0.15) is 0 Å². The zero-order chi connectivity index (χ0) is 31.0. The second kappa shape index (κ2) is 14.1. The van der Waals surface area contributed by atoms with Crippen molar-refractivity contribution in [2.75, 3.05) is 18.5 Å². The number of sulfonamides is 1. The number of pyridine rings is 1. The summed E-state index contributed by atoms with van der Waals surface area (Å²) in [6.07, 6.45) is 3.78. The van der Waals surface area contributed by atoms with E-state index in [4.69, 9.17) is 9.72 Å². The van der Waals surface area contributed by atoms with Gasteiger partial charge in [0.15, 0.2) is 5.65 Å². The molecule has 0 aliphatic rings. The summed E-state index contributed by atoms with van der Waals surface area (Å²) < 4.78 is 35.2. The summed E-state index contributed by atoms with van der Waals surface area (Å²) in [6, 6.07) is 13.8. The molecule has 0 saturated carbocycles. The zero-order valence-corrected chi connectivity index (χ0v) is 25.8. The van der Waals surface area contributed by atoms with Crippen LogP contribution in [0.5, 0.6) is 0 Å². The van der Waals surface area contributed by atoms with Gasteiger partial charge in [0.1, 0.15) is 11.3 Å². The van der Waals surface area contributed by atoms with Crippen molar-refractivity contribution in [2.24, 2.45) is 0 Å². The number of fused-ring (bicyclic) bond motifs is 1. The number of aryl methyl sites for hydroxylation is 2. The van der Waals surface area contributed by atoms with Gasteiger partial charge < -0.3 is 19.9 Å². The first-order valence-corrected chi connectivity index (χ1v) is 15.9. The van der Waals surface area contributed by atoms with Gasteiger partial charge in [-0.05, 0) is 43.9 Å². The van der Waals surface area contributed by atoms with Crippen LogP contribution in [0.4, 0.5) is 15.3 Å². The van der Waals surface area contributed by atoms with Gasteiger partial charge in [-0.3, -0.25) is 0 Å². The largest absolute Gasteiger partial charge is 0.449 e. The number of nitrogens with one attached hydrogen (secondary N) is 3. The Bertz CT molecular complexity index is 1700. The van der Waals surface area contributed by atoms with Gasteiger partial charge in [-0.1, -0.05) is 62.7 Å². The molecule has 0 saturated heterocycles. The number of hydrogen-bond donors (Lipinski definition) is 3. The molecule has 228 valence electrons. The number of amides is 3. The van der Waals surface area contributed by atoms with Crippen molar-refractivity contribution < 1.29 is 22.7 Å². The Morgan fingerprint density at radius 2 is 1.74 bits per heavy atom. The molecule has 4 rings (SSSR count). The number of hydrogen-bond acceptors (Lipinski definition) is 7. The number of carbonyl (C=O) groups is 2. The SMILES string of the molecule is CCCCOC(=O)NS(=O)(=O)c1ccccc1-c1ccc(Cn2c(CCC)nc3c(C)c(NC(=O)NCC)cnc32)cc1. The van der Waals surface area contributed by atoms with Gasteiger partial charge in [0.05, 0.1) is 29.9 Å². The highest BCUT2D eigenvalue weighted by atomic mass is 32.2. The molecular weight excluding hydrogens is 568 g/mol. The monoisotopic (exact) mass is 606 g/mol. The highest BCUT2D eigenvalue weighted by molar-refractivity contribution is 7.90. The molecule has 0 fully saturated rings. The second-order valence-electron chi connectivity index (χ2n) is 10.1. The van der Waals surface area contributed by atoms with E-state index in [1.54, 1.807) is 24.4 Å². The number of carbonyl (C=O) groups excluding carboxylic acids is 2. The molecule has 0 bridgehead atoms. The highest BCUT2D eigenvalue weighted by Crippen LogP contribution is 2.29. The Hall–Kier alpha value is -4.45. The average Bonchev–Trinajstić information content (AvgIpc) is 3.32. The van der Waals surface area contributed by atoms with E-state index in [2.05, 4.69) is 27.1 Å². The highest BCUT2D eigenvalue weighted by Gasteiger charge is 2.23. The van der Waals surface area contributed by atoms with Crippen molar-refractivity contribution in [3.63, 3.8) is 0 Å². The van der Waals surface area contributed by atoms with E-state index in [1.165, 1.54) is 6.07 Å². The first-order valence-electron chi connectivity index (χ1n) is 14.5. The lowest BCUT2D eigenvalue weighted by atomic mass is 10.0. The minimum Gasteiger partial charge on any atom is -0.449 e. The number of rotatable bonds is 12. The summed E-state index contributed by atoms with van der Waals surface area (Å²) >= 11 is 0. The van der Waals surface area contributed by atoms with Gasteiger partial charge >= 0.3 is 12.1 Å². The summed E-state index contributed by atoms with van der Waals surface area (Å²) in [5, 5.41) is 5.56. The maximum Gasteiger partial charge on any atom is 0.421 e. The van der Waals surface area contributed by atoms with Crippen LogP contribution in [0, 0.1) is 6.92 Å². The predicted octanol–water partition coefficient (Wildman–Crippen LogP) is 5.76. The van der Waals surface area contributed by atoms with E-state index in [9.17, 15) is 18.0 Å². The quantitative estimate of drug-likeness (QED) is 0.174. The van der Waals surface area contributed by atoms with E-state index >= 15 is 0 Å². The van der Waals surface area contributed by atoms with Crippen LogP contribution in [0.15, 0.2) is 59.6 Å². The van der Waals surface area contributed by atoms with E-state index in [0.717, 1.165) is 47.4 Å². The molecule has 2 heterocycles. The van der Waals surface area contributed by atoms with Crippen molar-refractivity contribution in [1.82, 2.24) is 24.6 Å². The van der Waals surface area contributed by atoms with Crippen LogP contribution in [-0.4, -0.2) is 48.2 Å². The number of nitrogens with zero attached hydrogens (tertiary/aromatic N) is 3. The average molecular weight is 607 g/mol. The molecule has 43 heavy (non-hydrogen) atoms. The molecule has 2 aromatic heterocycles. The fourth-order valence-electron chi connectivity index (χ4n) is 4.67. The van der Waals surface area contributed by atoms with Gasteiger partial charge in [0.2, 0.25) is 0 Å². The Morgan fingerprint density at radius 1 is 1.00 bits per heavy atom. The fraction of sp³-hybridized carbons (Fsp3) is 0.355. The molecule has 3 N–H and O–H groups in total. The van der Waals surface area contributed by atoms with Crippen LogP contribution >= 0.6 is 0 Å². The van der Waals surface area contributed by atoms with Crippen LogP contribution < -0.4 is 15.4 Å². The predicted molar refractivity (Wildman–Crippen MR) is 167 cm³/mol. The lowest BCUT2D eigenvalue weighted by Gasteiger charge is -2.13. The van der Waals surface area contributed by atoms with Crippen LogP contribution in [0.2, 0.25) is 0 Å². The third kappa shape index (κ3) is 7.50. The summed E-state index contributed by atoms with van der Waals surface area (Å²) in [7, 11) is -4.16. The Morgan fingerprint density at radius 3 is 2.44 bits per heavy atom. The number of imidazole rings is 1. The van der Waals surface area contributed by atoms with E-state index in [-0.39, 0.29) is 17.5 Å². The Labute approximate surface area is 252 Å². The number of urea groups is 1. The van der Waals surface area contributed by atoms with E-state index < -0.39 is 16.1 Å². The molecule has 0 atom stereocenters. The standard InChI is InChI=1S/C31H38N6O5S/c1-5-8-18-42-31(39)36-43(40,41)26-13-10-9-12-24(26)23-16-14-22(15-17-23)20-37-27(11-6-2)35-28-21(4)25(19-33-29(28)37)34-30(38)32-7-3/h9-10,12-17,19H,5-8,11,18,20H2,1-4H3,(H,36,39)(H2,32,34,38). The third-order valence-electron chi connectivity index (χ3n) is 6.89. The summed E-state index contributed by atoms with van der Waals surface area (Å²) in [4.78, 5) is 33.7. The molecule has 0 spiro atoms. The van der Waals surface area contributed by atoms with Crippen LogP contribution in [-0.2, 0) is 27.7 Å². The number of anilines is 1. The second-order valence-corrected chi connectivity index (χ2v) is 11.8. The lowest BCUT2D eigenvalue weighted by molar-refractivity contribution is 0.151. The summed E-state index contributed by atoms with van der Waals surface area (Å²) in [6.45, 7) is 8.98. The lowest BCUT2D eigenvalue weighted by Crippen LogP contribution is -2.31. The molecule has 0 radical (unpaired) electrons. The maximum absolute atomic E-state index is 13.1. The fourth-order valence-corrected chi connectivity index (χ4v) is 5.79. The number of benzene rings is 2. The molecule has 0 unspecified atom stereocenters. The normalized spacial score (nSPS) is 11.3. The minimum absolute atomic E-state index is 0.0160. The topological polar surface area (TPSA) is 144 Å². The third-order valence-corrected chi connectivity index (χ3v) is 8.26. The van der Waals surface area contributed by atoms with Gasteiger partial charge in [0, 0.05) is 24.1 Å². The number of unbranched alkanes of at least 4 members (excludes halogenated alkanes) is 1. The van der Waals surface area contributed by atoms with E-state index in [0.29, 0.717) is 36.3 Å². The van der Waals surface area contributed by atoms with Crippen LogP contribution in [0.1, 0.15) is 57.0 Å². The van der Waals surface area contributed by atoms with Crippen LogP contribution in [0.3, 0.4) is 0 Å². The molecule has 4 aromatic rings.